The van der Waals surface area contributed by atoms with Crippen molar-refractivity contribution in [2.45, 2.75) is 20.5 Å². The molecule has 2 aromatic carbocycles. The third-order valence-electron chi connectivity index (χ3n) is 2.89. The van der Waals surface area contributed by atoms with E-state index in [1.165, 1.54) is 0 Å². The lowest BCUT2D eigenvalue weighted by molar-refractivity contribution is 0.0726. The zero-order chi connectivity index (χ0) is 13.7. The molecule has 0 heterocycles. The van der Waals surface area contributed by atoms with Gasteiger partial charge in [-0.15, -0.1) is 0 Å². The maximum absolute atomic E-state index is 12.0. The van der Waals surface area contributed by atoms with Crippen LogP contribution in [-0.4, -0.2) is 12.4 Å². The van der Waals surface area contributed by atoms with Crippen LogP contribution in [0.3, 0.4) is 0 Å². The molecule has 2 rings (SSSR count). The third-order valence-corrected chi connectivity index (χ3v) is 2.89. The summed E-state index contributed by atoms with van der Waals surface area (Å²) in [6, 6.07) is 15.7. The van der Waals surface area contributed by atoms with E-state index in [1.54, 1.807) is 0 Å². The minimum Gasteiger partial charge on any atom is -0.369 e. The van der Waals surface area contributed by atoms with Crippen LogP contribution in [-0.2, 0) is 11.3 Å². The fourth-order valence-electron chi connectivity index (χ4n) is 2.05. The van der Waals surface area contributed by atoms with Gasteiger partial charge in [-0.3, -0.25) is 4.79 Å². The van der Waals surface area contributed by atoms with Gasteiger partial charge in [0.1, 0.15) is 6.61 Å². The van der Waals surface area contributed by atoms with Gasteiger partial charge in [-0.25, -0.2) is 0 Å². The summed E-state index contributed by atoms with van der Waals surface area (Å²) < 4.78 is 5.47. The molecule has 98 valence electrons. The number of rotatable bonds is 5. The summed E-state index contributed by atoms with van der Waals surface area (Å²) in [6.07, 6.45) is 0. The van der Waals surface area contributed by atoms with E-state index in [4.69, 9.17) is 4.74 Å². The molecule has 2 aromatic rings. The molecule has 0 spiro atoms. The van der Waals surface area contributed by atoms with Crippen molar-refractivity contribution in [1.82, 2.24) is 0 Å². The molecule has 0 aliphatic carbocycles. The number of hydrogen-bond acceptors (Lipinski definition) is 2. The Morgan fingerprint density at radius 3 is 2.26 bits per heavy atom. The molecule has 2 nitrogen and oxygen atoms in total. The van der Waals surface area contributed by atoms with Gasteiger partial charge in [0.25, 0.3) is 0 Å². The Bertz CT molecular complexity index is 538. The number of aryl methyl sites for hydroxylation is 2. The van der Waals surface area contributed by atoms with Crippen molar-refractivity contribution in [3.05, 3.63) is 70.8 Å². The van der Waals surface area contributed by atoms with Crippen molar-refractivity contribution in [2.75, 3.05) is 6.61 Å². The predicted molar refractivity (Wildman–Crippen MR) is 76.3 cm³/mol. The Morgan fingerprint density at radius 2 is 1.63 bits per heavy atom. The van der Waals surface area contributed by atoms with Gasteiger partial charge in [0.05, 0.1) is 6.61 Å². The monoisotopic (exact) mass is 254 g/mol. The number of Topliss-reactive ketones (excluding diaryl/α,β-unsaturated/α-hetero) is 1. The van der Waals surface area contributed by atoms with Crippen LogP contribution in [0.15, 0.2) is 48.5 Å². The first kappa shape index (κ1) is 13.5. The van der Waals surface area contributed by atoms with Crippen LogP contribution in [0.4, 0.5) is 0 Å². The van der Waals surface area contributed by atoms with Crippen molar-refractivity contribution in [1.29, 1.82) is 0 Å². The third kappa shape index (κ3) is 4.04. The van der Waals surface area contributed by atoms with Crippen LogP contribution < -0.4 is 0 Å². The highest BCUT2D eigenvalue weighted by molar-refractivity contribution is 5.97. The zero-order valence-electron chi connectivity index (χ0n) is 11.3. The Labute approximate surface area is 114 Å². The van der Waals surface area contributed by atoms with Crippen molar-refractivity contribution >= 4 is 5.78 Å². The normalized spacial score (nSPS) is 10.4. The fraction of sp³-hybridized carbons (Fsp3) is 0.235. The molecule has 0 saturated carbocycles. The number of hydrogen-bond donors (Lipinski definition) is 0. The molecule has 0 radical (unpaired) electrons. The highest BCUT2D eigenvalue weighted by atomic mass is 16.5. The topological polar surface area (TPSA) is 26.3 Å². The van der Waals surface area contributed by atoms with E-state index in [-0.39, 0.29) is 12.4 Å². The van der Waals surface area contributed by atoms with E-state index in [2.05, 4.69) is 6.07 Å². The molecule has 0 saturated heterocycles. The molecule has 0 aliphatic heterocycles. The van der Waals surface area contributed by atoms with Crippen LogP contribution in [0.25, 0.3) is 0 Å². The Kier molecular flexibility index (Phi) is 4.48. The quantitative estimate of drug-likeness (QED) is 0.760. The fourth-order valence-corrected chi connectivity index (χ4v) is 2.05. The largest absolute Gasteiger partial charge is 0.369 e. The molecule has 0 bridgehead atoms. The maximum Gasteiger partial charge on any atom is 0.188 e. The van der Waals surface area contributed by atoms with Gasteiger partial charge in [-0.1, -0.05) is 47.5 Å². The Balaban J connectivity index is 1.91. The zero-order valence-corrected chi connectivity index (χ0v) is 11.3. The molecule has 0 N–H and O–H groups in total. The summed E-state index contributed by atoms with van der Waals surface area (Å²) in [6.45, 7) is 4.58. The van der Waals surface area contributed by atoms with E-state index in [0.29, 0.717) is 6.61 Å². The maximum atomic E-state index is 12.0. The number of ketones is 1. The molecule has 2 heteroatoms. The molecule has 19 heavy (non-hydrogen) atoms. The summed E-state index contributed by atoms with van der Waals surface area (Å²) in [7, 11) is 0. The summed E-state index contributed by atoms with van der Waals surface area (Å²) in [5, 5.41) is 0. The molecule has 0 aromatic heterocycles. The summed E-state index contributed by atoms with van der Waals surface area (Å²) in [5.41, 5.74) is 4.01. The minimum atomic E-state index is 0.0303. The second kappa shape index (κ2) is 6.30. The van der Waals surface area contributed by atoms with Crippen molar-refractivity contribution in [3.8, 4) is 0 Å². The van der Waals surface area contributed by atoms with E-state index in [1.807, 2.05) is 56.3 Å². The second-order valence-corrected chi connectivity index (χ2v) is 4.78. The first-order valence-electron chi connectivity index (χ1n) is 6.38. The lowest BCUT2D eigenvalue weighted by Gasteiger charge is -2.06. The lowest BCUT2D eigenvalue weighted by Crippen LogP contribution is -2.09. The molecular formula is C17H18O2. The number of benzene rings is 2. The average Bonchev–Trinajstić information content (AvgIpc) is 2.38. The van der Waals surface area contributed by atoms with Gasteiger partial charge < -0.3 is 4.74 Å². The Hall–Kier alpha value is -1.93. The molecule has 0 fully saturated rings. The van der Waals surface area contributed by atoms with Crippen molar-refractivity contribution in [2.24, 2.45) is 0 Å². The van der Waals surface area contributed by atoms with Gasteiger partial charge in [-0.2, -0.15) is 0 Å². The van der Waals surface area contributed by atoms with Crippen LogP contribution in [0.5, 0.6) is 0 Å². The van der Waals surface area contributed by atoms with E-state index in [0.717, 1.165) is 22.3 Å². The van der Waals surface area contributed by atoms with Crippen molar-refractivity contribution in [3.63, 3.8) is 0 Å². The van der Waals surface area contributed by atoms with E-state index >= 15 is 0 Å². The number of carbonyl (C=O) groups excluding carboxylic acids is 1. The van der Waals surface area contributed by atoms with Gasteiger partial charge in [0.15, 0.2) is 5.78 Å². The SMILES string of the molecule is Cc1cc(C)cc(C(=O)COCc2ccccc2)c1. The lowest BCUT2D eigenvalue weighted by atomic mass is 10.0. The van der Waals surface area contributed by atoms with Gasteiger partial charge in [0.2, 0.25) is 0 Å². The number of carbonyl (C=O) groups is 1. The van der Waals surface area contributed by atoms with Gasteiger partial charge in [-0.05, 0) is 31.5 Å². The van der Waals surface area contributed by atoms with E-state index < -0.39 is 0 Å². The summed E-state index contributed by atoms with van der Waals surface area (Å²) >= 11 is 0. The standard InChI is InChI=1S/C17H18O2/c1-13-8-14(2)10-16(9-13)17(18)12-19-11-15-6-4-3-5-7-15/h3-10H,11-12H2,1-2H3. The van der Waals surface area contributed by atoms with Crippen LogP contribution in [0.2, 0.25) is 0 Å². The molecule has 0 amide bonds. The average molecular weight is 254 g/mol. The van der Waals surface area contributed by atoms with Crippen LogP contribution >= 0.6 is 0 Å². The Morgan fingerprint density at radius 1 is 1.00 bits per heavy atom. The number of ether oxygens (including phenoxy) is 1. The molecule has 0 aliphatic rings. The van der Waals surface area contributed by atoms with Crippen LogP contribution in [0, 0.1) is 13.8 Å². The first-order valence-corrected chi connectivity index (χ1v) is 6.38. The smallest absolute Gasteiger partial charge is 0.188 e. The summed E-state index contributed by atoms with van der Waals surface area (Å²) in [5.74, 6) is 0.0303. The molecule has 0 unspecified atom stereocenters. The predicted octanol–water partition coefficient (Wildman–Crippen LogP) is 3.70. The minimum absolute atomic E-state index is 0.0303. The van der Waals surface area contributed by atoms with Crippen LogP contribution in [0.1, 0.15) is 27.0 Å². The molecular weight excluding hydrogens is 236 g/mol. The first-order chi connectivity index (χ1) is 9.15. The van der Waals surface area contributed by atoms with E-state index in [9.17, 15) is 4.79 Å². The molecule has 0 atom stereocenters. The highest BCUT2D eigenvalue weighted by Gasteiger charge is 2.07. The summed E-state index contributed by atoms with van der Waals surface area (Å²) in [4.78, 5) is 12.0. The second-order valence-electron chi connectivity index (χ2n) is 4.78. The van der Waals surface area contributed by atoms with Gasteiger partial charge in [0, 0.05) is 5.56 Å². The highest BCUT2D eigenvalue weighted by Crippen LogP contribution is 2.10. The van der Waals surface area contributed by atoms with Gasteiger partial charge >= 0.3 is 0 Å². The van der Waals surface area contributed by atoms with Crippen molar-refractivity contribution < 1.29 is 9.53 Å².